The van der Waals surface area contributed by atoms with Crippen LogP contribution >= 0.6 is 0 Å². The first kappa shape index (κ1) is 12.8. The molecule has 0 fully saturated rings. The first-order chi connectivity index (χ1) is 9.65. The molecule has 0 radical (unpaired) electrons. The summed E-state index contributed by atoms with van der Waals surface area (Å²) in [6, 6.07) is 14.5. The normalized spacial score (nSPS) is 12.8. The number of fused-ring (bicyclic) bond motifs is 1. The van der Waals surface area contributed by atoms with E-state index in [-0.39, 0.29) is 6.04 Å². The van der Waals surface area contributed by atoms with Gasteiger partial charge in [0, 0.05) is 6.04 Å². The Bertz CT molecular complexity index is 743. The van der Waals surface area contributed by atoms with Crippen molar-refractivity contribution in [2.24, 2.45) is 5.73 Å². The number of nitrogens with two attached hydrogens (primary N) is 1. The van der Waals surface area contributed by atoms with Crippen molar-refractivity contribution >= 4 is 11.0 Å². The van der Waals surface area contributed by atoms with E-state index in [0.717, 1.165) is 23.1 Å². The third-order valence-electron chi connectivity index (χ3n) is 3.36. The maximum absolute atomic E-state index is 5.96. The molecular weight excluding hydrogens is 248 g/mol. The SMILES string of the molecule is Cc1ccc(-n2nnc3ccccc32)c(CC(C)N)c1. The van der Waals surface area contributed by atoms with Gasteiger partial charge in [0.25, 0.3) is 0 Å². The summed E-state index contributed by atoms with van der Waals surface area (Å²) in [7, 11) is 0. The molecule has 1 heterocycles. The maximum Gasteiger partial charge on any atom is 0.113 e. The van der Waals surface area contributed by atoms with Gasteiger partial charge in [-0.05, 0) is 44.0 Å². The van der Waals surface area contributed by atoms with Gasteiger partial charge < -0.3 is 5.73 Å². The Morgan fingerprint density at radius 1 is 1.20 bits per heavy atom. The van der Waals surface area contributed by atoms with Gasteiger partial charge in [0.2, 0.25) is 0 Å². The fourth-order valence-electron chi connectivity index (χ4n) is 2.48. The van der Waals surface area contributed by atoms with Crippen LogP contribution < -0.4 is 5.73 Å². The van der Waals surface area contributed by atoms with E-state index < -0.39 is 0 Å². The lowest BCUT2D eigenvalue weighted by Gasteiger charge is -2.13. The molecule has 3 aromatic rings. The second-order valence-electron chi connectivity index (χ2n) is 5.30. The second kappa shape index (κ2) is 5.06. The van der Waals surface area contributed by atoms with Crippen molar-refractivity contribution in [2.75, 3.05) is 0 Å². The van der Waals surface area contributed by atoms with Crippen LogP contribution in [0.15, 0.2) is 42.5 Å². The highest BCUT2D eigenvalue weighted by atomic mass is 15.4. The Labute approximate surface area is 118 Å². The maximum atomic E-state index is 5.96. The lowest BCUT2D eigenvalue weighted by molar-refractivity contribution is 0.724. The molecule has 0 aliphatic heterocycles. The number of aromatic nitrogens is 3. The summed E-state index contributed by atoms with van der Waals surface area (Å²) < 4.78 is 1.90. The smallest absolute Gasteiger partial charge is 0.113 e. The van der Waals surface area contributed by atoms with Crippen LogP contribution in [-0.2, 0) is 6.42 Å². The number of benzene rings is 2. The molecule has 0 bridgehead atoms. The molecule has 2 N–H and O–H groups in total. The fraction of sp³-hybridized carbons (Fsp3) is 0.250. The van der Waals surface area contributed by atoms with E-state index in [0.29, 0.717) is 0 Å². The number of aryl methyl sites for hydroxylation is 1. The predicted octanol–water partition coefficient (Wildman–Crippen LogP) is 2.62. The van der Waals surface area contributed by atoms with Crippen molar-refractivity contribution in [2.45, 2.75) is 26.3 Å². The van der Waals surface area contributed by atoms with E-state index in [1.807, 2.05) is 35.9 Å². The number of para-hydroxylation sites is 1. The van der Waals surface area contributed by atoms with E-state index in [1.165, 1.54) is 11.1 Å². The fourth-order valence-corrected chi connectivity index (χ4v) is 2.48. The largest absolute Gasteiger partial charge is 0.328 e. The average Bonchev–Trinajstić information content (AvgIpc) is 2.82. The van der Waals surface area contributed by atoms with Crippen LogP contribution in [0.25, 0.3) is 16.7 Å². The summed E-state index contributed by atoms with van der Waals surface area (Å²) in [5.41, 5.74) is 11.4. The molecule has 1 aromatic heterocycles. The van der Waals surface area contributed by atoms with E-state index in [9.17, 15) is 0 Å². The first-order valence-corrected chi connectivity index (χ1v) is 6.81. The average molecular weight is 266 g/mol. The van der Waals surface area contributed by atoms with Crippen LogP contribution in [0.5, 0.6) is 0 Å². The molecule has 1 unspecified atom stereocenters. The third kappa shape index (κ3) is 2.30. The molecule has 102 valence electrons. The molecule has 0 aliphatic carbocycles. The lowest BCUT2D eigenvalue weighted by Crippen LogP contribution is -2.19. The van der Waals surface area contributed by atoms with Crippen molar-refractivity contribution in [1.82, 2.24) is 15.0 Å². The summed E-state index contributed by atoms with van der Waals surface area (Å²) >= 11 is 0. The number of rotatable bonds is 3. The highest BCUT2D eigenvalue weighted by Crippen LogP contribution is 2.21. The van der Waals surface area contributed by atoms with Gasteiger partial charge in [-0.2, -0.15) is 0 Å². The van der Waals surface area contributed by atoms with Crippen LogP contribution in [0.2, 0.25) is 0 Å². The lowest BCUT2D eigenvalue weighted by atomic mass is 10.0. The summed E-state index contributed by atoms with van der Waals surface area (Å²) in [6.45, 7) is 4.11. The Morgan fingerprint density at radius 3 is 2.80 bits per heavy atom. The van der Waals surface area contributed by atoms with Crippen LogP contribution in [0.3, 0.4) is 0 Å². The minimum Gasteiger partial charge on any atom is -0.328 e. The van der Waals surface area contributed by atoms with Gasteiger partial charge in [-0.15, -0.1) is 5.10 Å². The van der Waals surface area contributed by atoms with Crippen molar-refractivity contribution in [3.63, 3.8) is 0 Å². The van der Waals surface area contributed by atoms with Gasteiger partial charge in [0.1, 0.15) is 5.52 Å². The summed E-state index contributed by atoms with van der Waals surface area (Å²) in [4.78, 5) is 0. The van der Waals surface area contributed by atoms with Crippen LogP contribution in [0.4, 0.5) is 0 Å². The van der Waals surface area contributed by atoms with Gasteiger partial charge in [-0.3, -0.25) is 0 Å². The number of nitrogens with zero attached hydrogens (tertiary/aromatic N) is 3. The molecule has 4 heteroatoms. The quantitative estimate of drug-likeness (QED) is 0.792. The third-order valence-corrected chi connectivity index (χ3v) is 3.36. The molecule has 3 rings (SSSR count). The Kier molecular flexibility index (Phi) is 3.24. The standard InChI is InChI=1S/C16H18N4/c1-11-7-8-15(13(9-11)10-12(2)17)20-16-6-4-3-5-14(16)18-19-20/h3-9,12H,10,17H2,1-2H3. The van der Waals surface area contributed by atoms with E-state index >= 15 is 0 Å². The summed E-state index contributed by atoms with van der Waals surface area (Å²) in [5, 5.41) is 8.51. The van der Waals surface area contributed by atoms with Gasteiger partial charge in [-0.1, -0.05) is 35.0 Å². The zero-order valence-corrected chi connectivity index (χ0v) is 11.7. The molecule has 0 spiro atoms. The molecule has 0 aliphatic rings. The molecule has 0 saturated carbocycles. The van der Waals surface area contributed by atoms with E-state index in [4.69, 9.17) is 5.73 Å². The Morgan fingerprint density at radius 2 is 2.00 bits per heavy atom. The predicted molar refractivity (Wildman–Crippen MR) is 81.0 cm³/mol. The molecule has 20 heavy (non-hydrogen) atoms. The van der Waals surface area contributed by atoms with Gasteiger partial charge >= 0.3 is 0 Å². The van der Waals surface area contributed by atoms with Gasteiger partial charge in [0.15, 0.2) is 0 Å². The van der Waals surface area contributed by atoms with Crippen LogP contribution in [-0.4, -0.2) is 21.0 Å². The van der Waals surface area contributed by atoms with Crippen molar-refractivity contribution < 1.29 is 0 Å². The first-order valence-electron chi connectivity index (χ1n) is 6.81. The van der Waals surface area contributed by atoms with Gasteiger partial charge in [0.05, 0.1) is 11.2 Å². The topological polar surface area (TPSA) is 56.7 Å². The Hall–Kier alpha value is -2.20. The zero-order valence-electron chi connectivity index (χ0n) is 11.7. The monoisotopic (exact) mass is 266 g/mol. The molecule has 0 amide bonds. The van der Waals surface area contributed by atoms with Crippen molar-refractivity contribution in [1.29, 1.82) is 0 Å². The summed E-state index contributed by atoms with van der Waals surface area (Å²) in [6.07, 6.45) is 0.825. The van der Waals surface area contributed by atoms with Crippen molar-refractivity contribution in [3.05, 3.63) is 53.6 Å². The molecule has 4 nitrogen and oxygen atoms in total. The minimum atomic E-state index is 0.116. The second-order valence-corrected chi connectivity index (χ2v) is 5.30. The highest BCUT2D eigenvalue weighted by molar-refractivity contribution is 5.76. The highest BCUT2D eigenvalue weighted by Gasteiger charge is 2.11. The van der Waals surface area contributed by atoms with E-state index in [1.54, 1.807) is 0 Å². The minimum absolute atomic E-state index is 0.116. The number of hydrogen-bond donors (Lipinski definition) is 1. The zero-order chi connectivity index (χ0) is 14.1. The van der Waals surface area contributed by atoms with Crippen molar-refractivity contribution in [3.8, 4) is 5.69 Å². The van der Waals surface area contributed by atoms with Gasteiger partial charge in [-0.25, -0.2) is 4.68 Å². The van der Waals surface area contributed by atoms with Crippen LogP contribution in [0, 0.1) is 6.92 Å². The molecular formula is C16H18N4. The molecule has 2 aromatic carbocycles. The van der Waals surface area contributed by atoms with E-state index in [2.05, 4.69) is 35.4 Å². The number of hydrogen-bond acceptors (Lipinski definition) is 3. The molecule has 1 atom stereocenters. The Balaban J connectivity index is 2.18. The summed E-state index contributed by atoms with van der Waals surface area (Å²) in [5.74, 6) is 0. The van der Waals surface area contributed by atoms with Crippen LogP contribution in [0.1, 0.15) is 18.1 Å². The molecule has 0 saturated heterocycles.